The lowest BCUT2D eigenvalue weighted by molar-refractivity contribution is 0.415. The van der Waals surface area contributed by atoms with Gasteiger partial charge in [0.25, 0.3) is 0 Å². The highest BCUT2D eigenvalue weighted by atomic mass is 16.3. The average molecular weight is 163 g/mol. The van der Waals surface area contributed by atoms with Crippen LogP contribution < -0.4 is 0 Å². The molecule has 0 aliphatic heterocycles. The van der Waals surface area contributed by atoms with Crippen molar-refractivity contribution in [2.75, 3.05) is 0 Å². The minimum absolute atomic E-state index is 0.329. The third-order valence-corrected chi connectivity index (χ3v) is 1.33. The number of pyridine rings is 1. The molecular weight excluding hydrogens is 152 g/mol. The Morgan fingerprint density at radius 1 is 1.67 bits per heavy atom. The van der Waals surface area contributed by atoms with Crippen LogP contribution in [0.4, 0.5) is 0 Å². The zero-order chi connectivity index (χ0) is 8.97. The number of allylic oxidation sites excluding steroid dienone is 2. The predicted octanol–water partition coefficient (Wildman–Crippen LogP) is 1.08. The van der Waals surface area contributed by atoms with Gasteiger partial charge >= 0.3 is 0 Å². The van der Waals surface area contributed by atoms with Crippen LogP contribution in [0.3, 0.4) is 0 Å². The molecule has 1 aromatic heterocycles. The lowest BCUT2D eigenvalue weighted by Crippen LogP contribution is -1.95. The van der Waals surface area contributed by atoms with Crippen molar-refractivity contribution in [1.82, 2.24) is 4.98 Å². The van der Waals surface area contributed by atoms with Crippen LogP contribution in [-0.2, 0) is 0 Å². The second-order valence-corrected chi connectivity index (χ2v) is 2.48. The van der Waals surface area contributed by atoms with Crippen molar-refractivity contribution in [1.29, 1.82) is 5.41 Å². The summed E-state index contributed by atoms with van der Waals surface area (Å²) in [6.45, 7) is 1.64. The van der Waals surface area contributed by atoms with Crippen molar-refractivity contribution in [3.63, 3.8) is 0 Å². The summed E-state index contributed by atoms with van der Waals surface area (Å²) >= 11 is 0. The summed E-state index contributed by atoms with van der Waals surface area (Å²) in [5.41, 5.74) is 1.07. The molecular formula is C9H11N2O+. The summed E-state index contributed by atoms with van der Waals surface area (Å²) in [6, 6.07) is 3.58. The van der Waals surface area contributed by atoms with Crippen LogP contribution in [0.15, 0.2) is 36.4 Å². The van der Waals surface area contributed by atoms with Crippen LogP contribution in [0.2, 0.25) is 0 Å². The number of nitrogens with zero attached hydrogens (tertiary/aromatic N) is 1. The van der Waals surface area contributed by atoms with E-state index in [0.717, 1.165) is 5.56 Å². The molecule has 0 bridgehead atoms. The summed E-state index contributed by atoms with van der Waals surface area (Å²) in [6.07, 6.45) is 4.77. The summed E-state index contributed by atoms with van der Waals surface area (Å²) in [7, 11) is 0. The van der Waals surface area contributed by atoms with E-state index in [9.17, 15) is 0 Å². The highest BCUT2D eigenvalue weighted by molar-refractivity contribution is 6.06. The molecule has 62 valence electrons. The molecule has 0 aromatic carbocycles. The monoisotopic (exact) mass is 163 g/mol. The summed E-state index contributed by atoms with van der Waals surface area (Å²) < 4.78 is 0. The van der Waals surface area contributed by atoms with Crippen LogP contribution in [-0.4, -0.2) is 15.8 Å². The summed E-state index contributed by atoms with van der Waals surface area (Å²) in [4.78, 5) is 3.88. The lowest BCUT2D eigenvalue weighted by Gasteiger charge is -1.95. The van der Waals surface area contributed by atoms with E-state index >= 15 is 0 Å². The maximum atomic E-state index is 7.52. The SMILES string of the molecule is C/C([OH2+])=C/C(=N)c1cccnc1. The van der Waals surface area contributed by atoms with Gasteiger partial charge < -0.3 is 5.11 Å². The van der Waals surface area contributed by atoms with E-state index < -0.39 is 0 Å². The van der Waals surface area contributed by atoms with Crippen molar-refractivity contribution in [2.45, 2.75) is 6.92 Å². The first-order valence-electron chi connectivity index (χ1n) is 3.59. The minimum Gasteiger partial charge on any atom is -0.597 e. The van der Waals surface area contributed by atoms with Gasteiger partial charge in [0.2, 0.25) is 5.76 Å². The van der Waals surface area contributed by atoms with Crippen LogP contribution in [0.5, 0.6) is 0 Å². The molecule has 0 radical (unpaired) electrons. The van der Waals surface area contributed by atoms with E-state index in [2.05, 4.69) is 4.98 Å². The molecule has 0 fully saturated rings. The molecule has 3 heteroatoms. The first-order chi connectivity index (χ1) is 5.70. The van der Waals surface area contributed by atoms with Gasteiger partial charge in [-0.05, 0) is 12.1 Å². The molecule has 0 unspecified atom stereocenters. The summed E-state index contributed by atoms with van der Waals surface area (Å²) in [5, 5.41) is 14.7. The third-order valence-electron chi connectivity index (χ3n) is 1.33. The fraction of sp³-hybridized carbons (Fsp3) is 0.111. The van der Waals surface area contributed by atoms with Gasteiger partial charge in [-0.15, -0.1) is 0 Å². The van der Waals surface area contributed by atoms with Crippen molar-refractivity contribution in [3.8, 4) is 0 Å². The normalized spacial score (nSPS) is 11.2. The van der Waals surface area contributed by atoms with Gasteiger partial charge in [-0.25, -0.2) is 0 Å². The van der Waals surface area contributed by atoms with E-state index in [-0.39, 0.29) is 0 Å². The Balaban J connectivity index is 2.87. The molecule has 0 saturated carbocycles. The quantitative estimate of drug-likeness (QED) is 0.396. The fourth-order valence-electron chi connectivity index (χ4n) is 0.822. The van der Waals surface area contributed by atoms with Crippen LogP contribution in [0.1, 0.15) is 12.5 Å². The Hall–Kier alpha value is -1.64. The summed E-state index contributed by atoms with van der Waals surface area (Å²) in [5.74, 6) is 0.379. The van der Waals surface area contributed by atoms with Crippen LogP contribution in [0, 0.1) is 5.41 Å². The van der Waals surface area contributed by atoms with Crippen molar-refractivity contribution < 1.29 is 5.11 Å². The molecule has 0 aliphatic rings. The van der Waals surface area contributed by atoms with Crippen molar-refractivity contribution in [2.24, 2.45) is 0 Å². The first-order valence-corrected chi connectivity index (χ1v) is 3.59. The maximum absolute atomic E-state index is 7.52. The Labute approximate surface area is 70.9 Å². The minimum atomic E-state index is 0.329. The van der Waals surface area contributed by atoms with Gasteiger partial charge in [0.1, 0.15) is 0 Å². The van der Waals surface area contributed by atoms with Gasteiger partial charge in [0.05, 0.1) is 11.8 Å². The number of rotatable bonds is 2. The largest absolute Gasteiger partial charge is 0.597 e. The first kappa shape index (κ1) is 8.46. The second-order valence-electron chi connectivity index (χ2n) is 2.48. The van der Waals surface area contributed by atoms with Crippen LogP contribution in [0.25, 0.3) is 0 Å². The van der Waals surface area contributed by atoms with E-state index in [1.165, 1.54) is 6.08 Å². The Morgan fingerprint density at radius 2 is 2.42 bits per heavy atom. The third kappa shape index (κ3) is 2.20. The highest BCUT2D eigenvalue weighted by Crippen LogP contribution is 1.99. The van der Waals surface area contributed by atoms with Crippen molar-refractivity contribution >= 4 is 5.71 Å². The maximum Gasteiger partial charge on any atom is 0.227 e. The average Bonchev–Trinajstić information content (AvgIpc) is 2.05. The van der Waals surface area contributed by atoms with E-state index in [1.54, 1.807) is 31.5 Å². The molecule has 12 heavy (non-hydrogen) atoms. The van der Waals surface area contributed by atoms with Gasteiger partial charge in [0, 0.05) is 24.9 Å². The van der Waals surface area contributed by atoms with E-state index in [0.29, 0.717) is 11.5 Å². The number of hydrogen-bond donors (Lipinski definition) is 1. The van der Waals surface area contributed by atoms with Crippen LogP contribution >= 0.6 is 0 Å². The predicted molar refractivity (Wildman–Crippen MR) is 48.4 cm³/mol. The van der Waals surface area contributed by atoms with Gasteiger partial charge in [-0.3, -0.25) is 10.4 Å². The number of hydrogen-bond acceptors (Lipinski definition) is 2. The smallest absolute Gasteiger partial charge is 0.227 e. The molecule has 0 amide bonds. The molecule has 0 spiro atoms. The van der Waals surface area contributed by atoms with Gasteiger partial charge in [0.15, 0.2) is 0 Å². The molecule has 1 aromatic rings. The lowest BCUT2D eigenvalue weighted by atomic mass is 10.1. The Kier molecular flexibility index (Phi) is 2.58. The number of aromatic nitrogens is 1. The molecule has 3 N–H and O–H groups in total. The van der Waals surface area contributed by atoms with Crippen molar-refractivity contribution in [3.05, 3.63) is 41.9 Å². The highest BCUT2D eigenvalue weighted by Gasteiger charge is 1.98. The molecule has 3 nitrogen and oxygen atoms in total. The standard InChI is InChI=1S/C9H10N2O/c1-7(12)5-9(10)8-3-2-4-11-6-8/h2-6,10,12H,1H3/p+1/b7-5-,10-9?. The molecule has 0 atom stereocenters. The van der Waals surface area contributed by atoms with E-state index in [1.807, 2.05) is 0 Å². The second kappa shape index (κ2) is 3.67. The zero-order valence-electron chi connectivity index (χ0n) is 6.83. The molecule has 1 rings (SSSR count). The molecule has 0 saturated heterocycles. The van der Waals surface area contributed by atoms with E-state index in [4.69, 9.17) is 10.5 Å². The topological polar surface area (TPSA) is 59.6 Å². The fourth-order valence-corrected chi connectivity index (χ4v) is 0.822. The van der Waals surface area contributed by atoms with Gasteiger partial charge in [-0.2, -0.15) is 0 Å². The zero-order valence-corrected chi connectivity index (χ0v) is 6.83. The van der Waals surface area contributed by atoms with Gasteiger partial charge in [-0.1, -0.05) is 0 Å². The Bertz CT molecular complexity index is 300. The molecule has 0 aliphatic carbocycles. The molecule has 1 heterocycles. The number of nitrogens with one attached hydrogen (secondary N) is 1. The Morgan fingerprint density at radius 3 is 2.92 bits per heavy atom.